The van der Waals surface area contributed by atoms with Crippen molar-refractivity contribution in [1.29, 1.82) is 0 Å². The van der Waals surface area contributed by atoms with Gasteiger partial charge in [-0.1, -0.05) is 6.07 Å². The first kappa shape index (κ1) is 15.1. The molecular formula is C15H16FNOS2. The third-order valence-corrected chi connectivity index (χ3v) is 4.64. The Morgan fingerprint density at radius 3 is 2.75 bits per heavy atom. The summed E-state index contributed by atoms with van der Waals surface area (Å²) in [7, 11) is 0. The van der Waals surface area contributed by atoms with Gasteiger partial charge in [-0.2, -0.15) is 0 Å². The van der Waals surface area contributed by atoms with Gasteiger partial charge < -0.3 is 5.32 Å². The fraction of sp³-hybridized carbons (Fsp3) is 0.267. The highest BCUT2D eigenvalue weighted by Gasteiger charge is 2.02. The van der Waals surface area contributed by atoms with E-state index in [9.17, 15) is 9.18 Å². The first-order valence-corrected chi connectivity index (χ1v) is 8.28. The maximum absolute atomic E-state index is 12.7. The number of carbonyl (C=O) groups excluding carboxylic acids is 1. The van der Waals surface area contributed by atoms with Gasteiger partial charge in [0.15, 0.2) is 0 Å². The molecule has 1 aromatic heterocycles. The summed E-state index contributed by atoms with van der Waals surface area (Å²) < 4.78 is 12.7. The van der Waals surface area contributed by atoms with Gasteiger partial charge >= 0.3 is 0 Å². The van der Waals surface area contributed by atoms with Crippen molar-refractivity contribution in [2.75, 3.05) is 12.3 Å². The first-order chi connectivity index (χ1) is 9.74. The largest absolute Gasteiger partial charge is 0.356 e. The zero-order valence-electron chi connectivity index (χ0n) is 11.0. The number of nitrogens with one attached hydrogen (secondary N) is 1. The zero-order chi connectivity index (χ0) is 14.2. The monoisotopic (exact) mass is 309 g/mol. The molecule has 0 unspecified atom stereocenters. The normalized spacial score (nSPS) is 10.4. The van der Waals surface area contributed by atoms with E-state index in [1.165, 1.54) is 17.0 Å². The molecule has 0 aliphatic rings. The van der Waals surface area contributed by atoms with Crippen molar-refractivity contribution in [3.8, 4) is 0 Å². The van der Waals surface area contributed by atoms with Crippen LogP contribution in [0.3, 0.4) is 0 Å². The number of hydrogen-bond donors (Lipinski definition) is 1. The maximum Gasteiger partial charge on any atom is 0.220 e. The van der Waals surface area contributed by atoms with Crippen LogP contribution in [0.4, 0.5) is 4.39 Å². The van der Waals surface area contributed by atoms with Gasteiger partial charge in [0.2, 0.25) is 5.91 Å². The number of amides is 1. The third-order valence-electron chi connectivity index (χ3n) is 2.69. The van der Waals surface area contributed by atoms with Crippen LogP contribution in [0.15, 0.2) is 46.7 Å². The second kappa shape index (κ2) is 8.07. The summed E-state index contributed by atoms with van der Waals surface area (Å²) in [6.45, 7) is 0.681. The summed E-state index contributed by atoms with van der Waals surface area (Å²) >= 11 is 3.27. The highest BCUT2D eigenvalue weighted by molar-refractivity contribution is 7.99. The van der Waals surface area contributed by atoms with Crippen LogP contribution in [0.1, 0.15) is 11.3 Å². The number of thioether (sulfide) groups is 1. The molecule has 0 fully saturated rings. The second-order valence-electron chi connectivity index (χ2n) is 4.23. The number of hydrogen-bond acceptors (Lipinski definition) is 3. The van der Waals surface area contributed by atoms with Crippen LogP contribution in [-0.2, 0) is 11.2 Å². The quantitative estimate of drug-likeness (QED) is 0.790. The lowest BCUT2D eigenvalue weighted by Gasteiger charge is -2.04. The van der Waals surface area contributed by atoms with Crippen molar-refractivity contribution in [1.82, 2.24) is 5.32 Å². The van der Waals surface area contributed by atoms with Crippen molar-refractivity contribution in [3.05, 3.63) is 52.5 Å². The zero-order valence-corrected chi connectivity index (χ0v) is 12.6. The smallest absolute Gasteiger partial charge is 0.220 e. The predicted octanol–water partition coefficient (Wildman–Crippen LogP) is 3.73. The molecule has 0 bridgehead atoms. The molecule has 1 amide bonds. The molecule has 0 atom stereocenters. The summed E-state index contributed by atoms with van der Waals surface area (Å²) in [5.74, 6) is 0.535. The SMILES string of the molecule is O=C(CCSc1ccc(F)cc1)NCCc1cccs1. The second-order valence-corrected chi connectivity index (χ2v) is 6.43. The molecule has 0 spiro atoms. The van der Waals surface area contributed by atoms with E-state index in [1.807, 2.05) is 11.4 Å². The lowest BCUT2D eigenvalue weighted by atomic mass is 10.3. The molecule has 0 aliphatic heterocycles. The Morgan fingerprint density at radius 2 is 2.05 bits per heavy atom. The van der Waals surface area contributed by atoms with Crippen LogP contribution >= 0.6 is 23.1 Å². The van der Waals surface area contributed by atoms with E-state index in [-0.39, 0.29) is 11.7 Å². The number of rotatable bonds is 7. The van der Waals surface area contributed by atoms with Crippen molar-refractivity contribution < 1.29 is 9.18 Å². The Labute approximate surface area is 126 Å². The number of thiophene rings is 1. The maximum atomic E-state index is 12.7. The van der Waals surface area contributed by atoms with Crippen LogP contribution in [0.2, 0.25) is 0 Å². The summed E-state index contributed by atoms with van der Waals surface area (Å²) in [5, 5.41) is 4.95. The predicted molar refractivity (Wildman–Crippen MR) is 82.8 cm³/mol. The lowest BCUT2D eigenvalue weighted by molar-refractivity contribution is -0.120. The molecule has 1 heterocycles. The number of carbonyl (C=O) groups is 1. The summed E-state index contributed by atoms with van der Waals surface area (Å²) in [6.07, 6.45) is 1.36. The molecule has 2 nitrogen and oxygen atoms in total. The fourth-order valence-corrected chi connectivity index (χ4v) is 3.22. The standard InChI is InChI=1S/C15H16FNOS2/c16-12-3-5-14(6-4-12)20-11-8-15(18)17-9-7-13-2-1-10-19-13/h1-6,10H,7-9,11H2,(H,17,18). The van der Waals surface area contributed by atoms with E-state index in [0.29, 0.717) is 18.7 Å². The van der Waals surface area contributed by atoms with Crippen molar-refractivity contribution in [2.24, 2.45) is 0 Å². The Hall–Kier alpha value is -1.33. The van der Waals surface area contributed by atoms with E-state index in [4.69, 9.17) is 0 Å². The van der Waals surface area contributed by atoms with Gasteiger partial charge in [0.25, 0.3) is 0 Å². The summed E-state index contributed by atoms with van der Waals surface area (Å²) in [5.41, 5.74) is 0. The van der Waals surface area contributed by atoms with Crippen LogP contribution in [0.25, 0.3) is 0 Å². The van der Waals surface area contributed by atoms with E-state index in [1.54, 1.807) is 35.2 Å². The van der Waals surface area contributed by atoms with Crippen LogP contribution < -0.4 is 5.32 Å². The molecule has 1 N–H and O–H groups in total. The Kier molecular flexibility index (Phi) is 6.08. The Bertz CT molecular complexity index is 525. The van der Waals surface area contributed by atoms with Crippen molar-refractivity contribution in [2.45, 2.75) is 17.7 Å². The number of benzene rings is 1. The molecule has 0 aliphatic carbocycles. The van der Waals surface area contributed by atoms with E-state index < -0.39 is 0 Å². The molecule has 0 saturated carbocycles. The summed E-state index contributed by atoms with van der Waals surface area (Å²) in [4.78, 5) is 13.9. The van der Waals surface area contributed by atoms with Crippen LogP contribution in [0, 0.1) is 5.82 Å². The molecule has 2 rings (SSSR count). The highest BCUT2D eigenvalue weighted by Crippen LogP contribution is 2.18. The van der Waals surface area contributed by atoms with Crippen LogP contribution in [-0.4, -0.2) is 18.2 Å². The molecule has 106 valence electrons. The minimum Gasteiger partial charge on any atom is -0.356 e. The lowest BCUT2D eigenvalue weighted by Crippen LogP contribution is -2.25. The Morgan fingerprint density at radius 1 is 1.25 bits per heavy atom. The van der Waals surface area contributed by atoms with Crippen molar-refractivity contribution >= 4 is 29.0 Å². The number of halogens is 1. The molecule has 2 aromatic rings. The van der Waals surface area contributed by atoms with Gasteiger partial charge in [-0.25, -0.2) is 4.39 Å². The van der Waals surface area contributed by atoms with E-state index >= 15 is 0 Å². The molecule has 0 saturated heterocycles. The molecule has 1 aromatic carbocycles. The van der Waals surface area contributed by atoms with Crippen molar-refractivity contribution in [3.63, 3.8) is 0 Å². The third kappa shape index (κ3) is 5.35. The Balaban J connectivity index is 1.59. The molecule has 5 heteroatoms. The van der Waals surface area contributed by atoms with Gasteiger partial charge in [-0.05, 0) is 42.1 Å². The fourth-order valence-electron chi connectivity index (χ4n) is 1.66. The van der Waals surface area contributed by atoms with E-state index in [2.05, 4.69) is 11.4 Å². The topological polar surface area (TPSA) is 29.1 Å². The molecule has 20 heavy (non-hydrogen) atoms. The van der Waals surface area contributed by atoms with Gasteiger partial charge in [0.1, 0.15) is 5.82 Å². The van der Waals surface area contributed by atoms with Gasteiger partial charge in [-0.3, -0.25) is 4.79 Å². The average molecular weight is 309 g/mol. The van der Waals surface area contributed by atoms with Gasteiger partial charge in [0.05, 0.1) is 0 Å². The molecule has 0 radical (unpaired) electrons. The first-order valence-electron chi connectivity index (χ1n) is 6.41. The minimum absolute atomic E-state index is 0.0659. The minimum atomic E-state index is -0.235. The van der Waals surface area contributed by atoms with Gasteiger partial charge in [0, 0.05) is 28.5 Å². The van der Waals surface area contributed by atoms with Gasteiger partial charge in [-0.15, -0.1) is 23.1 Å². The average Bonchev–Trinajstić information content (AvgIpc) is 2.94. The van der Waals surface area contributed by atoms with Crippen LogP contribution in [0.5, 0.6) is 0 Å². The summed E-state index contributed by atoms with van der Waals surface area (Å²) in [6, 6.07) is 10.4. The van der Waals surface area contributed by atoms with E-state index in [0.717, 1.165) is 11.3 Å². The highest BCUT2D eigenvalue weighted by atomic mass is 32.2. The molecular weight excluding hydrogens is 293 g/mol.